The summed E-state index contributed by atoms with van der Waals surface area (Å²) in [7, 11) is 0. The van der Waals surface area contributed by atoms with Crippen LogP contribution in [0.2, 0.25) is 0 Å². The second-order valence-electron chi connectivity index (χ2n) is 10.7. The Balaban J connectivity index is 1.38. The Morgan fingerprint density at radius 2 is 1.55 bits per heavy atom. The molecular weight excluding hydrogens is 392 g/mol. The summed E-state index contributed by atoms with van der Waals surface area (Å²) in [6, 6.07) is -0.0774. The zero-order valence-corrected chi connectivity index (χ0v) is 19.4. The monoisotopic (exact) mass is 430 g/mol. The summed E-state index contributed by atoms with van der Waals surface area (Å²) in [5.74, 6) is 2.47. The van der Waals surface area contributed by atoms with E-state index in [1.165, 1.54) is 25.7 Å². The van der Waals surface area contributed by atoms with Crippen LogP contribution in [0.3, 0.4) is 0 Å². The van der Waals surface area contributed by atoms with Crippen LogP contribution in [0.15, 0.2) is 4.42 Å². The molecule has 1 aromatic heterocycles. The number of aromatic nitrogens is 2. The van der Waals surface area contributed by atoms with Gasteiger partial charge in [-0.05, 0) is 50.9 Å². The Bertz CT molecular complexity index is 770. The van der Waals surface area contributed by atoms with Gasteiger partial charge in [-0.3, -0.25) is 9.59 Å². The Morgan fingerprint density at radius 3 is 2.23 bits per heavy atom. The maximum absolute atomic E-state index is 13.0. The van der Waals surface area contributed by atoms with E-state index in [0.29, 0.717) is 24.1 Å². The summed E-state index contributed by atoms with van der Waals surface area (Å²) in [6.45, 7) is 8.16. The lowest BCUT2D eigenvalue weighted by molar-refractivity contribution is -0.140. The molecule has 0 unspecified atom stereocenters. The average Bonchev–Trinajstić information content (AvgIpc) is 3.45. The van der Waals surface area contributed by atoms with Crippen molar-refractivity contribution in [3.8, 4) is 0 Å². The zero-order valence-electron chi connectivity index (χ0n) is 19.4. The summed E-state index contributed by atoms with van der Waals surface area (Å²) in [6.07, 6.45) is 10.3. The van der Waals surface area contributed by atoms with Crippen LogP contribution in [0, 0.1) is 11.3 Å². The zero-order chi connectivity index (χ0) is 22.0. The molecule has 7 heteroatoms. The van der Waals surface area contributed by atoms with Crippen molar-refractivity contribution in [1.29, 1.82) is 0 Å². The van der Waals surface area contributed by atoms with Gasteiger partial charge in [0.2, 0.25) is 23.6 Å². The molecule has 0 N–H and O–H groups in total. The highest BCUT2D eigenvalue weighted by Crippen LogP contribution is 2.36. The number of hydrogen-bond donors (Lipinski definition) is 0. The van der Waals surface area contributed by atoms with Crippen molar-refractivity contribution >= 4 is 11.8 Å². The van der Waals surface area contributed by atoms with Gasteiger partial charge in [0.05, 0.1) is 0 Å². The summed E-state index contributed by atoms with van der Waals surface area (Å²) in [5, 5.41) is 8.75. The highest BCUT2D eigenvalue weighted by Gasteiger charge is 2.35. The molecule has 172 valence electrons. The number of carbonyl (C=O) groups is 2. The molecule has 0 spiro atoms. The molecule has 3 aliphatic rings. The second-order valence-corrected chi connectivity index (χ2v) is 10.7. The first kappa shape index (κ1) is 22.3. The van der Waals surface area contributed by atoms with Gasteiger partial charge in [0.1, 0.15) is 6.04 Å². The minimum atomic E-state index is -0.347. The molecule has 0 radical (unpaired) electrons. The van der Waals surface area contributed by atoms with Crippen molar-refractivity contribution < 1.29 is 14.0 Å². The molecule has 1 aliphatic carbocycles. The molecule has 31 heavy (non-hydrogen) atoms. The Labute approximate surface area is 185 Å². The molecule has 7 nitrogen and oxygen atoms in total. The number of rotatable bonds is 4. The number of hydrogen-bond acceptors (Lipinski definition) is 5. The highest BCUT2D eigenvalue weighted by molar-refractivity contribution is 5.81. The fourth-order valence-corrected chi connectivity index (χ4v) is 5.42. The number of likely N-dealkylation sites (tertiary alicyclic amines) is 2. The van der Waals surface area contributed by atoms with E-state index in [-0.39, 0.29) is 29.2 Å². The molecule has 2 saturated heterocycles. The highest BCUT2D eigenvalue weighted by atomic mass is 16.4. The Hall–Kier alpha value is -1.92. The molecule has 2 amide bonds. The third-order valence-electron chi connectivity index (χ3n) is 7.28. The van der Waals surface area contributed by atoms with Crippen LogP contribution in [0.1, 0.15) is 109 Å². The van der Waals surface area contributed by atoms with Crippen molar-refractivity contribution in [1.82, 2.24) is 20.0 Å². The molecule has 1 saturated carbocycles. The lowest BCUT2D eigenvalue weighted by Gasteiger charge is -2.35. The molecule has 3 heterocycles. The van der Waals surface area contributed by atoms with E-state index in [1.54, 1.807) is 0 Å². The minimum absolute atomic E-state index is 0.0774. The molecule has 2 aliphatic heterocycles. The fraction of sp³-hybridized carbons (Fsp3) is 0.833. The first-order valence-electron chi connectivity index (χ1n) is 12.2. The topological polar surface area (TPSA) is 79.5 Å². The van der Waals surface area contributed by atoms with Crippen LogP contribution in [-0.2, 0) is 9.59 Å². The van der Waals surface area contributed by atoms with Gasteiger partial charge in [-0.1, -0.05) is 33.6 Å². The molecule has 4 rings (SSSR count). The van der Waals surface area contributed by atoms with Crippen LogP contribution >= 0.6 is 0 Å². The van der Waals surface area contributed by atoms with E-state index >= 15 is 0 Å². The number of amides is 2. The van der Waals surface area contributed by atoms with E-state index in [0.717, 1.165) is 51.7 Å². The molecule has 0 aromatic carbocycles. The van der Waals surface area contributed by atoms with Gasteiger partial charge in [-0.2, -0.15) is 0 Å². The lowest BCUT2D eigenvalue weighted by atomic mass is 9.91. The third-order valence-corrected chi connectivity index (χ3v) is 7.28. The fourth-order valence-electron chi connectivity index (χ4n) is 5.42. The maximum Gasteiger partial charge on any atom is 0.238 e. The van der Waals surface area contributed by atoms with E-state index < -0.39 is 0 Å². The molecule has 1 atom stereocenters. The van der Waals surface area contributed by atoms with Crippen molar-refractivity contribution in [2.75, 3.05) is 19.6 Å². The predicted octanol–water partition coefficient (Wildman–Crippen LogP) is 4.46. The third kappa shape index (κ3) is 5.12. The number of nitrogens with zero attached hydrogens (tertiary/aromatic N) is 4. The van der Waals surface area contributed by atoms with Gasteiger partial charge in [0, 0.05) is 37.4 Å². The van der Waals surface area contributed by atoms with Crippen molar-refractivity contribution in [3.05, 3.63) is 11.8 Å². The van der Waals surface area contributed by atoms with Gasteiger partial charge in [0.25, 0.3) is 0 Å². The standard InChI is InChI=1S/C24H38N4O3/c1-24(2,3)23(30)27-14-11-18(12-15-27)21-25-26-22(31-21)19-10-6-7-13-28(19)20(29)16-17-8-4-5-9-17/h17-19H,4-16H2,1-3H3/t19-/m0/s1. The Kier molecular flexibility index (Phi) is 6.68. The van der Waals surface area contributed by atoms with Crippen molar-refractivity contribution in [2.24, 2.45) is 11.3 Å². The van der Waals surface area contributed by atoms with Crippen molar-refractivity contribution in [2.45, 2.75) is 96.9 Å². The smallest absolute Gasteiger partial charge is 0.238 e. The van der Waals surface area contributed by atoms with Gasteiger partial charge in [0.15, 0.2) is 0 Å². The van der Waals surface area contributed by atoms with Crippen molar-refractivity contribution in [3.63, 3.8) is 0 Å². The van der Waals surface area contributed by atoms with E-state index in [1.807, 2.05) is 30.6 Å². The largest absolute Gasteiger partial charge is 0.423 e. The van der Waals surface area contributed by atoms with Gasteiger partial charge < -0.3 is 14.2 Å². The van der Waals surface area contributed by atoms with Crippen LogP contribution in [0.4, 0.5) is 0 Å². The number of carbonyl (C=O) groups excluding carboxylic acids is 2. The Morgan fingerprint density at radius 1 is 0.903 bits per heavy atom. The van der Waals surface area contributed by atoms with Crippen LogP contribution in [0.25, 0.3) is 0 Å². The SMILES string of the molecule is CC(C)(C)C(=O)N1CCC(c2nnc([C@@H]3CCCCN3C(=O)CC3CCCC3)o2)CC1. The van der Waals surface area contributed by atoms with Gasteiger partial charge in [-0.15, -0.1) is 10.2 Å². The first-order valence-corrected chi connectivity index (χ1v) is 12.2. The second kappa shape index (κ2) is 9.29. The summed E-state index contributed by atoms with van der Waals surface area (Å²) in [4.78, 5) is 29.5. The van der Waals surface area contributed by atoms with E-state index in [9.17, 15) is 9.59 Å². The number of piperidine rings is 2. The summed E-state index contributed by atoms with van der Waals surface area (Å²) in [5.41, 5.74) is -0.347. The van der Waals surface area contributed by atoms with Crippen LogP contribution in [-0.4, -0.2) is 51.4 Å². The normalized spacial score (nSPS) is 24.0. The first-order chi connectivity index (χ1) is 14.8. The van der Waals surface area contributed by atoms with Gasteiger partial charge in [-0.25, -0.2) is 0 Å². The lowest BCUT2D eigenvalue weighted by Crippen LogP contribution is -2.43. The maximum atomic E-state index is 13.0. The molecule has 0 bridgehead atoms. The van der Waals surface area contributed by atoms with Crippen LogP contribution < -0.4 is 0 Å². The van der Waals surface area contributed by atoms with E-state index in [2.05, 4.69) is 10.2 Å². The predicted molar refractivity (Wildman–Crippen MR) is 117 cm³/mol. The molecular formula is C24H38N4O3. The summed E-state index contributed by atoms with van der Waals surface area (Å²) >= 11 is 0. The molecule has 3 fully saturated rings. The average molecular weight is 431 g/mol. The quantitative estimate of drug-likeness (QED) is 0.705. The van der Waals surface area contributed by atoms with E-state index in [4.69, 9.17) is 4.42 Å². The summed E-state index contributed by atoms with van der Waals surface area (Å²) < 4.78 is 6.16. The van der Waals surface area contributed by atoms with Crippen LogP contribution in [0.5, 0.6) is 0 Å². The minimum Gasteiger partial charge on any atom is -0.423 e. The van der Waals surface area contributed by atoms with Gasteiger partial charge >= 0.3 is 0 Å². The molecule has 1 aromatic rings.